The topological polar surface area (TPSA) is 105 Å². The Balaban J connectivity index is 1.71. The number of amides is 2. The van der Waals surface area contributed by atoms with Gasteiger partial charge in [0.2, 0.25) is 22.9 Å². The molecule has 1 saturated heterocycles. The summed E-state index contributed by atoms with van der Waals surface area (Å²) in [6.45, 7) is 0. The number of thioether (sulfide) groups is 1. The Morgan fingerprint density at radius 1 is 1.32 bits per heavy atom. The highest BCUT2D eigenvalue weighted by molar-refractivity contribution is 8.00. The molecule has 1 aliphatic heterocycles. The molecule has 1 aliphatic carbocycles. The normalized spacial score (nSPS) is 24.6. The number of hydrogen-bond acceptors (Lipinski definition) is 6. The zero-order valence-corrected chi connectivity index (χ0v) is 11.2. The fraction of sp³-hybridized carbons (Fsp3) is 0.636. The lowest BCUT2D eigenvalue weighted by atomic mass is 10.2. The van der Waals surface area contributed by atoms with Crippen molar-refractivity contribution in [3.63, 3.8) is 0 Å². The number of imide groups is 1. The fourth-order valence-corrected chi connectivity index (χ4v) is 3.64. The van der Waals surface area contributed by atoms with E-state index >= 15 is 0 Å². The van der Waals surface area contributed by atoms with E-state index in [0.29, 0.717) is 5.16 Å². The largest absolute Gasteiger partial charge is 0.368 e. The molecule has 0 spiro atoms. The van der Waals surface area contributed by atoms with Gasteiger partial charge >= 0.3 is 0 Å². The highest BCUT2D eigenvalue weighted by Gasteiger charge is 2.43. The number of nitrogens with one attached hydrogen (secondary N) is 1. The molecule has 0 radical (unpaired) electrons. The number of carbonyl (C=O) groups is 2. The van der Waals surface area contributed by atoms with Crippen molar-refractivity contribution >= 4 is 29.5 Å². The number of aromatic amines is 1. The first-order chi connectivity index (χ1) is 9.15. The van der Waals surface area contributed by atoms with Gasteiger partial charge in [-0.3, -0.25) is 14.5 Å². The summed E-state index contributed by atoms with van der Waals surface area (Å²) in [4.78, 5) is 29.7. The minimum Gasteiger partial charge on any atom is -0.368 e. The minimum absolute atomic E-state index is 0.0714. The van der Waals surface area contributed by atoms with Crippen LogP contribution in [0, 0.1) is 0 Å². The number of H-pyrrole nitrogens is 1. The third-order valence-electron chi connectivity index (χ3n) is 3.56. The fourth-order valence-electron chi connectivity index (χ4n) is 2.70. The van der Waals surface area contributed by atoms with E-state index in [0.717, 1.165) is 25.7 Å². The van der Waals surface area contributed by atoms with Gasteiger partial charge in [0.05, 0.1) is 0 Å². The van der Waals surface area contributed by atoms with Crippen molar-refractivity contribution in [3.05, 3.63) is 0 Å². The van der Waals surface area contributed by atoms with Gasteiger partial charge in [-0.2, -0.15) is 4.98 Å². The highest BCUT2D eigenvalue weighted by Crippen LogP contribution is 2.34. The second-order valence-electron chi connectivity index (χ2n) is 4.85. The molecule has 1 saturated carbocycles. The first kappa shape index (κ1) is 12.5. The van der Waals surface area contributed by atoms with E-state index in [1.165, 1.54) is 16.7 Å². The molecule has 1 atom stereocenters. The molecule has 0 aromatic carbocycles. The lowest BCUT2D eigenvalue weighted by Crippen LogP contribution is -2.39. The number of nitrogens with two attached hydrogens (primary N) is 1. The molecule has 1 aromatic rings. The maximum Gasteiger partial charge on any atom is 0.243 e. The van der Waals surface area contributed by atoms with Gasteiger partial charge < -0.3 is 5.73 Å². The quantitative estimate of drug-likeness (QED) is 0.784. The van der Waals surface area contributed by atoms with Crippen LogP contribution in [0.15, 0.2) is 5.16 Å². The predicted octanol–water partition coefficient (Wildman–Crippen LogP) is 0.549. The Bertz CT molecular complexity index is 511. The minimum atomic E-state index is -0.414. The van der Waals surface area contributed by atoms with Crippen LogP contribution >= 0.6 is 11.8 Å². The van der Waals surface area contributed by atoms with Crippen molar-refractivity contribution in [1.82, 2.24) is 20.1 Å². The molecule has 19 heavy (non-hydrogen) atoms. The van der Waals surface area contributed by atoms with E-state index in [1.54, 1.807) is 0 Å². The number of anilines is 1. The molecule has 0 bridgehead atoms. The molecule has 7 nitrogen and oxygen atoms in total. The van der Waals surface area contributed by atoms with E-state index in [1.807, 2.05) is 0 Å². The SMILES string of the molecule is Nc1nc(SC2CC(=O)N(C3CCCC3)C2=O)n[nH]1. The van der Waals surface area contributed by atoms with Gasteiger partial charge in [-0.25, -0.2) is 5.10 Å². The van der Waals surface area contributed by atoms with Crippen molar-refractivity contribution in [2.24, 2.45) is 0 Å². The third kappa shape index (κ3) is 2.32. The number of rotatable bonds is 3. The number of nitrogens with zero attached hydrogens (tertiary/aromatic N) is 3. The van der Waals surface area contributed by atoms with E-state index in [4.69, 9.17) is 5.73 Å². The van der Waals surface area contributed by atoms with Crippen LogP contribution in [0.3, 0.4) is 0 Å². The summed E-state index contributed by atoms with van der Waals surface area (Å²) in [6.07, 6.45) is 4.29. The molecule has 3 N–H and O–H groups in total. The van der Waals surface area contributed by atoms with Crippen molar-refractivity contribution in [2.45, 2.75) is 48.6 Å². The Morgan fingerprint density at radius 2 is 2.05 bits per heavy atom. The summed E-state index contributed by atoms with van der Waals surface area (Å²) in [5.74, 6) is 0.0371. The molecule has 2 aliphatic rings. The summed E-state index contributed by atoms with van der Waals surface area (Å²) < 4.78 is 0. The Morgan fingerprint density at radius 3 is 2.68 bits per heavy atom. The van der Waals surface area contributed by atoms with Crippen LogP contribution in [0.1, 0.15) is 32.1 Å². The standard InChI is InChI=1S/C11H15N5O2S/c12-10-13-11(15-14-10)19-7-5-8(17)16(9(7)18)6-3-1-2-4-6/h6-7H,1-5H2,(H3,12,13,14,15). The number of likely N-dealkylation sites (tertiary alicyclic amines) is 1. The monoisotopic (exact) mass is 281 g/mol. The van der Waals surface area contributed by atoms with Crippen LogP contribution in [-0.2, 0) is 9.59 Å². The summed E-state index contributed by atoms with van der Waals surface area (Å²) in [5, 5.41) is 6.40. The maximum absolute atomic E-state index is 12.3. The van der Waals surface area contributed by atoms with Crippen LogP contribution < -0.4 is 5.73 Å². The Kier molecular flexibility index (Phi) is 3.17. The van der Waals surface area contributed by atoms with Crippen molar-refractivity contribution in [3.8, 4) is 0 Å². The molecule has 2 heterocycles. The van der Waals surface area contributed by atoms with Crippen LogP contribution in [0.25, 0.3) is 0 Å². The lowest BCUT2D eigenvalue weighted by molar-refractivity contribution is -0.140. The third-order valence-corrected chi connectivity index (χ3v) is 4.61. The molecular formula is C11H15N5O2S. The maximum atomic E-state index is 12.3. The molecule has 8 heteroatoms. The summed E-state index contributed by atoms with van der Waals surface area (Å²) in [6, 6.07) is 0.0998. The summed E-state index contributed by atoms with van der Waals surface area (Å²) >= 11 is 1.20. The second kappa shape index (κ2) is 4.84. The zero-order chi connectivity index (χ0) is 13.4. The van der Waals surface area contributed by atoms with Gasteiger partial charge in [-0.1, -0.05) is 24.6 Å². The molecular weight excluding hydrogens is 266 g/mol. The van der Waals surface area contributed by atoms with Gasteiger partial charge in [0.1, 0.15) is 5.25 Å². The van der Waals surface area contributed by atoms with Crippen LogP contribution in [0.5, 0.6) is 0 Å². The van der Waals surface area contributed by atoms with Crippen molar-refractivity contribution < 1.29 is 9.59 Å². The second-order valence-corrected chi connectivity index (χ2v) is 6.02. The van der Waals surface area contributed by atoms with Crippen LogP contribution in [-0.4, -0.2) is 43.2 Å². The van der Waals surface area contributed by atoms with Crippen LogP contribution in [0.2, 0.25) is 0 Å². The first-order valence-electron chi connectivity index (χ1n) is 6.35. The zero-order valence-electron chi connectivity index (χ0n) is 10.3. The average molecular weight is 281 g/mol. The van der Waals surface area contributed by atoms with Gasteiger partial charge in [-0.15, -0.1) is 5.10 Å². The van der Waals surface area contributed by atoms with Crippen molar-refractivity contribution in [1.29, 1.82) is 0 Å². The summed E-state index contributed by atoms with van der Waals surface area (Å²) in [5.41, 5.74) is 5.44. The van der Waals surface area contributed by atoms with E-state index in [-0.39, 0.29) is 30.2 Å². The van der Waals surface area contributed by atoms with Gasteiger partial charge in [0.15, 0.2) is 0 Å². The number of hydrogen-bond donors (Lipinski definition) is 2. The van der Waals surface area contributed by atoms with Gasteiger partial charge in [-0.05, 0) is 12.8 Å². The van der Waals surface area contributed by atoms with Crippen LogP contribution in [0.4, 0.5) is 5.95 Å². The summed E-state index contributed by atoms with van der Waals surface area (Å²) in [7, 11) is 0. The number of carbonyl (C=O) groups excluding carboxylic acids is 2. The molecule has 1 unspecified atom stereocenters. The average Bonchev–Trinajstić information content (AvgIpc) is 3.04. The van der Waals surface area contributed by atoms with Gasteiger partial charge in [0.25, 0.3) is 0 Å². The highest BCUT2D eigenvalue weighted by atomic mass is 32.2. The van der Waals surface area contributed by atoms with E-state index in [2.05, 4.69) is 15.2 Å². The number of nitrogen functional groups attached to an aromatic ring is 1. The number of aromatic nitrogens is 3. The van der Waals surface area contributed by atoms with E-state index in [9.17, 15) is 9.59 Å². The molecule has 102 valence electrons. The lowest BCUT2D eigenvalue weighted by Gasteiger charge is -2.21. The molecule has 2 fully saturated rings. The van der Waals surface area contributed by atoms with Crippen molar-refractivity contribution in [2.75, 3.05) is 5.73 Å². The smallest absolute Gasteiger partial charge is 0.243 e. The first-order valence-corrected chi connectivity index (χ1v) is 7.23. The Labute approximate surface area is 114 Å². The molecule has 3 rings (SSSR count). The Hall–Kier alpha value is -1.57. The van der Waals surface area contributed by atoms with Gasteiger partial charge in [0, 0.05) is 12.5 Å². The van der Waals surface area contributed by atoms with E-state index < -0.39 is 5.25 Å². The molecule has 2 amide bonds. The predicted molar refractivity (Wildman–Crippen MR) is 69.2 cm³/mol. The molecule has 1 aromatic heterocycles.